The van der Waals surface area contributed by atoms with Crippen LogP contribution in [0.1, 0.15) is 45.4 Å². The Morgan fingerprint density at radius 1 is 1.14 bits per heavy atom. The van der Waals surface area contributed by atoms with Crippen LogP contribution in [-0.2, 0) is 0 Å². The Morgan fingerprint density at radius 2 is 1.95 bits per heavy atom. The predicted molar refractivity (Wildman–Crippen MR) is 89.7 cm³/mol. The van der Waals surface area contributed by atoms with E-state index in [1.807, 2.05) is 30.3 Å². The van der Waals surface area contributed by atoms with Crippen LogP contribution in [0.15, 0.2) is 30.3 Å². The van der Waals surface area contributed by atoms with E-state index in [0.717, 1.165) is 30.1 Å². The van der Waals surface area contributed by atoms with E-state index >= 15 is 0 Å². The van der Waals surface area contributed by atoms with Gasteiger partial charge in [0.2, 0.25) is 0 Å². The Morgan fingerprint density at radius 3 is 2.67 bits per heavy atom. The number of rotatable bonds is 8. The van der Waals surface area contributed by atoms with Gasteiger partial charge in [-0.3, -0.25) is 0 Å². The first kappa shape index (κ1) is 16.4. The van der Waals surface area contributed by atoms with Crippen LogP contribution in [0.25, 0.3) is 0 Å². The van der Waals surface area contributed by atoms with Crippen molar-refractivity contribution in [3.63, 3.8) is 0 Å². The molecule has 1 N–H and O–H groups in total. The molecule has 2 heteroatoms. The van der Waals surface area contributed by atoms with Gasteiger partial charge in [0.25, 0.3) is 0 Å². The van der Waals surface area contributed by atoms with E-state index in [-0.39, 0.29) is 0 Å². The zero-order valence-electron chi connectivity index (χ0n) is 13.7. The highest BCUT2D eigenvalue weighted by atomic mass is 16.5. The zero-order chi connectivity index (χ0) is 14.9. The van der Waals surface area contributed by atoms with Crippen molar-refractivity contribution >= 4 is 0 Å². The maximum atomic E-state index is 5.83. The molecule has 1 saturated carbocycles. The van der Waals surface area contributed by atoms with Crippen molar-refractivity contribution in [3.05, 3.63) is 30.3 Å². The summed E-state index contributed by atoms with van der Waals surface area (Å²) in [6.07, 6.45) is 8.10. The number of benzene rings is 1. The smallest absolute Gasteiger partial charge is 0.119 e. The molecule has 0 heterocycles. The minimum absolute atomic E-state index is 0.851. The zero-order valence-corrected chi connectivity index (χ0v) is 13.7. The molecular weight excluding hydrogens is 258 g/mol. The average molecular weight is 289 g/mol. The molecule has 1 aromatic carbocycles. The SMILES string of the molecule is CCC1CCC(CNC)C(CCCOc2ccccc2)C1. The Hall–Kier alpha value is -1.02. The fourth-order valence-electron chi connectivity index (χ4n) is 3.73. The van der Waals surface area contributed by atoms with Crippen LogP contribution < -0.4 is 10.1 Å². The molecule has 0 saturated heterocycles. The predicted octanol–water partition coefficient (Wildman–Crippen LogP) is 4.51. The summed E-state index contributed by atoms with van der Waals surface area (Å²) < 4.78 is 5.83. The van der Waals surface area contributed by atoms with Crippen molar-refractivity contribution in [2.75, 3.05) is 20.2 Å². The molecule has 0 aliphatic heterocycles. The van der Waals surface area contributed by atoms with Crippen molar-refractivity contribution in [2.45, 2.75) is 45.4 Å². The average Bonchev–Trinajstić information content (AvgIpc) is 2.54. The van der Waals surface area contributed by atoms with Gasteiger partial charge in [-0.1, -0.05) is 38.0 Å². The van der Waals surface area contributed by atoms with Gasteiger partial charge in [-0.25, -0.2) is 0 Å². The van der Waals surface area contributed by atoms with Crippen LogP contribution in [-0.4, -0.2) is 20.2 Å². The van der Waals surface area contributed by atoms with E-state index in [9.17, 15) is 0 Å². The second-order valence-corrected chi connectivity index (χ2v) is 6.47. The normalized spacial score (nSPS) is 25.7. The second-order valence-electron chi connectivity index (χ2n) is 6.47. The maximum Gasteiger partial charge on any atom is 0.119 e. The first-order valence-electron chi connectivity index (χ1n) is 8.66. The van der Waals surface area contributed by atoms with Gasteiger partial charge in [-0.2, -0.15) is 0 Å². The number of hydrogen-bond donors (Lipinski definition) is 1. The largest absolute Gasteiger partial charge is 0.494 e. The van der Waals surface area contributed by atoms with Gasteiger partial charge in [-0.15, -0.1) is 0 Å². The van der Waals surface area contributed by atoms with E-state index in [0.29, 0.717) is 0 Å². The van der Waals surface area contributed by atoms with E-state index in [4.69, 9.17) is 4.74 Å². The molecule has 2 rings (SSSR count). The molecule has 1 aromatic rings. The first-order chi connectivity index (χ1) is 10.3. The van der Waals surface area contributed by atoms with Crippen LogP contribution in [0.5, 0.6) is 5.75 Å². The highest BCUT2D eigenvalue weighted by molar-refractivity contribution is 5.20. The van der Waals surface area contributed by atoms with Crippen LogP contribution >= 0.6 is 0 Å². The van der Waals surface area contributed by atoms with Crippen molar-refractivity contribution < 1.29 is 4.74 Å². The quantitative estimate of drug-likeness (QED) is 0.711. The summed E-state index contributed by atoms with van der Waals surface area (Å²) in [5.41, 5.74) is 0. The minimum Gasteiger partial charge on any atom is -0.494 e. The van der Waals surface area contributed by atoms with Crippen molar-refractivity contribution in [3.8, 4) is 5.75 Å². The monoisotopic (exact) mass is 289 g/mol. The van der Waals surface area contributed by atoms with E-state index < -0.39 is 0 Å². The number of hydrogen-bond acceptors (Lipinski definition) is 2. The van der Waals surface area contributed by atoms with Crippen LogP contribution in [0.4, 0.5) is 0 Å². The Kier molecular flexibility index (Phi) is 7.08. The third kappa shape index (κ3) is 5.35. The van der Waals surface area contributed by atoms with E-state index in [1.54, 1.807) is 0 Å². The van der Waals surface area contributed by atoms with Gasteiger partial charge in [0, 0.05) is 0 Å². The molecule has 3 atom stereocenters. The topological polar surface area (TPSA) is 21.3 Å². The molecule has 0 radical (unpaired) electrons. The molecule has 0 amide bonds. The van der Waals surface area contributed by atoms with Gasteiger partial charge in [0.15, 0.2) is 0 Å². The molecule has 0 aromatic heterocycles. The molecule has 2 nitrogen and oxygen atoms in total. The lowest BCUT2D eigenvalue weighted by Gasteiger charge is -2.36. The third-order valence-electron chi connectivity index (χ3n) is 5.02. The van der Waals surface area contributed by atoms with Crippen LogP contribution in [0.3, 0.4) is 0 Å². The fourth-order valence-corrected chi connectivity index (χ4v) is 3.73. The van der Waals surface area contributed by atoms with Gasteiger partial charge in [0.1, 0.15) is 5.75 Å². The summed E-state index contributed by atoms with van der Waals surface area (Å²) in [6, 6.07) is 10.2. The second kappa shape index (κ2) is 9.09. The van der Waals surface area contributed by atoms with Gasteiger partial charge >= 0.3 is 0 Å². The highest BCUT2D eigenvalue weighted by Gasteiger charge is 2.28. The number of ether oxygens (including phenoxy) is 1. The molecule has 0 bridgehead atoms. The molecular formula is C19H31NO. The van der Waals surface area contributed by atoms with Crippen LogP contribution in [0, 0.1) is 17.8 Å². The number of nitrogens with one attached hydrogen (secondary N) is 1. The molecule has 3 unspecified atom stereocenters. The van der Waals surface area contributed by atoms with E-state index in [1.165, 1.54) is 45.1 Å². The molecule has 118 valence electrons. The molecule has 0 spiro atoms. The Balaban J connectivity index is 1.73. The van der Waals surface area contributed by atoms with Crippen molar-refractivity contribution in [1.29, 1.82) is 0 Å². The van der Waals surface area contributed by atoms with Crippen LogP contribution in [0.2, 0.25) is 0 Å². The summed E-state index contributed by atoms with van der Waals surface area (Å²) in [4.78, 5) is 0. The lowest BCUT2D eigenvalue weighted by molar-refractivity contribution is 0.155. The van der Waals surface area contributed by atoms with E-state index in [2.05, 4.69) is 19.3 Å². The molecule has 21 heavy (non-hydrogen) atoms. The summed E-state index contributed by atoms with van der Waals surface area (Å²) in [5, 5.41) is 3.39. The molecule has 1 aliphatic carbocycles. The van der Waals surface area contributed by atoms with Crippen molar-refractivity contribution in [1.82, 2.24) is 5.32 Å². The lowest BCUT2D eigenvalue weighted by atomic mass is 9.71. The standard InChI is InChI=1S/C19H31NO/c1-3-16-11-12-18(15-20-2)17(14-16)8-7-13-21-19-9-5-4-6-10-19/h4-6,9-10,16-18,20H,3,7-8,11-15H2,1-2H3. The highest BCUT2D eigenvalue weighted by Crippen LogP contribution is 2.37. The first-order valence-corrected chi connectivity index (χ1v) is 8.66. The summed E-state index contributed by atoms with van der Waals surface area (Å²) in [7, 11) is 2.08. The summed E-state index contributed by atoms with van der Waals surface area (Å²) in [5.74, 6) is 3.71. The maximum absolute atomic E-state index is 5.83. The molecule has 1 fully saturated rings. The summed E-state index contributed by atoms with van der Waals surface area (Å²) >= 11 is 0. The van der Waals surface area contributed by atoms with Gasteiger partial charge in [-0.05, 0) is 69.2 Å². The lowest BCUT2D eigenvalue weighted by Crippen LogP contribution is -2.32. The Bertz CT molecular complexity index is 378. The fraction of sp³-hybridized carbons (Fsp3) is 0.684. The molecule has 1 aliphatic rings. The number of para-hydroxylation sites is 1. The Labute approximate surface area is 130 Å². The summed E-state index contributed by atoms with van der Waals surface area (Å²) in [6.45, 7) is 4.38. The minimum atomic E-state index is 0.851. The third-order valence-corrected chi connectivity index (χ3v) is 5.02. The van der Waals surface area contributed by atoms with Crippen molar-refractivity contribution in [2.24, 2.45) is 17.8 Å². The van der Waals surface area contributed by atoms with Gasteiger partial charge < -0.3 is 10.1 Å². The van der Waals surface area contributed by atoms with Gasteiger partial charge in [0.05, 0.1) is 6.61 Å².